The molecule has 0 fully saturated rings. The maximum Gasteiger partial charge on any atom is 0.416 e. The molecule has 0 aliphatic rings. The average molecular weight is 249 g/mol. The van der Waals surface area contributed by atoms with Gasteiger partial charge in [-0.3, -0.25) is 0 Å². The zero-order chi connectivity index (χ0) is 12.2. The molecule has 1 atom stereocenters. The molecule has 0 aliphatic carbocycles. The number of alkyl halides is 3. The van der Waals surface area contributed by atoms with Crippen LogP contribution in [0.1, 0.15) is 12.5 Å². The molecule has 0 aromatic heterocycles. The van der Waals surface area contributed by atoms with E-state index in [4.69, 9.17) is 5.73 Å². The van der Waals surface area contributed by atoms with Gasteiger partial charge in [0.15, 0.2) is 0 Å². The zero-order valence-electron chi connectivity index (χ0n) is 8.92. The van der Waals surface area contributed by atoms with Gasteiger partial charge in [-0.1, -0.05) is 13.0 Å². The lowest BCUT2D eigenvalue weighted by Gasteiger charge is -2.10. The van der Waals surface area contributed by atoms with Gasteiger partial charge in [0.2, 0.25) is 0 Å². The Morgan fingerprint density at radius 3 is 2.62 bits per heavy atom. The second-order valence-electron chi connectivity index (χ2n) is 3.68. The van der Waals surface area contributed by atoms with Crippen LogP contribution in [0.3, 0.4) is 0 Å². The molecule has 1 aromatic rings. The highest BCUT2D eigenvalue weighted by molar-refractivity contribution is 7.99. The largest absolute Gasteiger partial charge is 0.416 e. The second-order valence-corrected chi connectivity index (χ2v) is 4.77. The molecule has 5 heteroatoms. The van der Waals surface area contributed by atoms with Crippen LogP contribution in [0.2, 0.25) is 0 Å². The van der Waals surface area contributed by atoms with Crippen LogP contribution in [-0.4, -0.2) is 12.3 Å². The molecule has 0 aliphatic heterocycles. The molecule has 0 saturated heterocycles. The van der Waals surface area contributed by atoms with Gasteiger partial charge in [-0.15, -0.1) is 11.8 Å². The van der Waals surface area contributed by atoms with Crippen molar-refractivity contribution in [3.8, 4) is 0 Å². The Labute approximate surface area is 97.2 Å². The first-order valence-corrected chi connectivity index (χ1v) is 5.92. The van der Waals surface area contributed by atoms with Crippen LogP contribution in [0.4, 0.5) is 13.2 Å². The number of hydrogen-bond donors (Lipinski definition) is 1. The van der Waals surface area contributed by atoms with Crippen molar-refractivity contribution < 1.29 is 13.2 Å². The Balaban J connectivity index is 2.68. The molecule has 1 rings (SSSR count). The van der Waals surface area contributed by atoms with Gasteiger partial charge in [0.25, 0.3) is 0 Å². The number of rotatable bonds is 4. The minimum atomic E-state index is -4.27. The normalized spacial score (nSPS) is 13.8. The van der Waals surface area contributed by atoms with E-state index < -0.39 is 11.7 Å². The van der Waals surface area contributed by atoms with Crippen molar-refractivity contribution in [2.45, 2.75) is 18.0 Å². The quantitative estimate of drug-likeness (QED) is 0.828. The Kier molecular flexibility index (Phi) is 4.68. The SMILES string of the molecule is CC(CN)CSc1cccc(C(F)(F)F)c1. The van der Waals surface area contributed by atoms with E-state index in [2.05, 4.69) is 0 Å². The summed E-state index contributed by atoms with van der Waals surface area (Å²) >= 11 is 1.40. The van der Waals surface area contributed by atoms with Gasteiger partial charge >= 0.3 is 6.18 Å². The Hall–Kier alpha value is -0.680. The fourth-order valence-corrected chi connectivity index (χ4v) is 2.07. The molecule has 0 saturated carbocycles. The lowest BCUT2D eigenvalue weighted by Crippen LogP contribution is -2.12. The summed E-state index contributed by atoms with van der Waals surface area (Å²) in [5.74, 6) is 1.04. The number of thioether (sulfide) groups is 1. The second kappa shape index (κ2) is 5.59. The van der Waals surface area contributed by atoms with Crippen molar-refractivity contribution in [3.63, 3.8) is 0 Å². The van der Waals surface area contributed by atoms with Gasteiger partial charge in [-0.05, 0) is 30.7 Å². The molecule has 0 amide bonds. The summed E-state index contributed by atoms with van der Waals surface area (Å²) in [6, 6.07) is 5.37. The molecule has 16 heavy (non-hydrogen) atoms. The van der Waals surface area contributed by atoms with Crippen molar-refractivity contribution in [3.05, 3.63) is 29.8 Å². The first-order chi connectivity index (χ1) is 7.43. The van der Waals surface area contributed by atoms with Crippen molar-refractivity contribution in [1.29, 1.82) is 0 Å². The van der Waals surface area contributed by atoms with E-state index in [0.29, 0.717) is 17.4 Å². The van der Waals surface area contributed by atoms with Crippen LogP contribution < -0.4 is 5.73 Å². The molecule has 0 radical (unpaired) electrons. The molecule has 1 unspecified atom stereocenters. The Morgan fingerprint density at radius 2 is 2.06 bits per heavy atom. The van der Waals surface area contributed by atoms with E-state index in [9.17, 15) is 13.2 Å². The average Bonchev–Trinajstić information content (AvgIpc) is 2.25. The third-order valence-electron chi connectivity index (χ3n) is 2.10. The Bertz CT molecular complexity index is 338. The number of nitrogens with two attached hydrogens (primary N) is 1. The van der Waals surface area contributed by atoms with E-state index in [1.165, 1.54) is 23.9 Å². The van der Waals surface area contributed by atoms with Crippen LogP contribution in [0, 0.1) is 5.92 Å². The number of halogens is 3. The predicted molar refractivity (Wildman–Crippen MR) is 60.4 cm³/mol. The maximum absolute atomic E-state index is 12.4. The first kappa shape index (κ1) is 13.4. The van der Waals surface area contributed by atoms with Crippen LogP contribution in [0.25, 0.3) is 0 Å². The summed E-state index contributed by atoms with van der Waals surface area (Å²) in [5.41, 5.74) is 4.84. The molecule has 0 heterocycles. The zero-order valence-corrected chi connectivity index (χ0v) is 9.74. The van der Waals surface area contributed by atoms with Gasteiger partial charge in [-0.2, -0.15) is 13.2 Å². The standard InChI is InChI=1S/C11H14F3NS/c1-8(6-15)7-16-10-4-2-3-9(5-10)11(12,13)14/h2-5,8H,6-7,15H2,1H3. The fraction of sp³-hybridized carbons (Fsp3) is 0.455. The van der Waals surface area contributed by atoms with Crippen LogP contribution >= 0.6 is 11.8 Å². The fourth-order valence-electron chi connectivity index (χ4n) is 1.07. The van der Waals surface area contributed by atoms with Crippen LogP contribution in [0.5, 0.6) is 0 Å². The summed E-state index contributed by atoms with van der Waals surface area (Å²) in [7, 11) is 0. The molecule has 0 bridgehead atoms. The van der Waals surface area contributed by atoms with Gasteiger partial charge in [-0.25, -0.2) is 0 Å². The van der Waals surface area contributed by atoms with Crippen molar-refractivity contribution in [1.82, 2.24) is 0 Å². The molecule has 1 nitrogen and oxygen atoms in total. The molecule has 2 N–H and O–H groups in total. The van der Waals surface area contributed by atoms with Gasteiger partial charge in [0.05, 0.1) is 5.56 Å². The van der Waals surface area contributed by atoms with Crippen molar-refractivity contribution in [2.75, 3.05) is 12.3 Å². The van der Waals surface area contributed by atoms with Gasteiger partial charge in [0, 0.05) is 10.6 Å². The minimum Gasteiger partial charge on any atom is -0.330 e. The third-order valence-corrected chi connectivity index (χ3v) is 3.42. The van der Waals surface area contributed by atoms with Gasteiger partial charge < -0.3 is 5.73 Å². The van der Waals surface area contributed by atoms with Crippen LogP contribution in [0.15, 0.2) is 29.2 Å². The van der Waals surface area contributed by atoms with E-state index in [1.807, 2.05) is 6.92 Å². The Morgan fingerprint density at radius 1 is 1.38 bits per heavy atom. The smallest absolute Gasteiger partial charge is 0.330 e. The molecule has 90 valence electrons. The van der Waals surface area contributed by atoms with E-state index >= 15 is 0 Å². The monoisotopic (exact) mass is 249 g/mol. The summed E-state index contributed by atoms with van der Waals surface area (Å²) in [4.78, 5) is 0.634. The van der Waals surface area contributed by atoms with E-state index in [0.717, 1.165) is 11.8 Å². The molecule has 1 aromatic carbocycles. The summed E-state index contributed by atoms with van der Waals surface area (Å²) < 4.78 is 37.2. The number of benzene rings is 1. The third kappa shape index (κ3) is 4.06. The van der Waals surface area contributed by atoms with Crippen molar-refractivity contribution in [2.24, 2.45) is 11.7 Å². The summed E-state index contributed by atoms with van der Waals surface area (Å²) in [6.45, 7) is 2.52. The topological polar surface area (TPSA) is 26.0 Å². The first-order valence-electron chi connectivity index (χ1n) is 4.93. The highest BCUT2D eigenvalue weighted by Crippen LogP contribution is 2.32. The molecular formula is C11H14F3NS. The molecule has 0 spiro atoms. The van der Waals surface area contributed by atoms with E-state index in [-0.39, 0.29) is 0 Å². The van der Waals surface area contributed by atoms with Crippen LogP contribution in [-0.2, 0) is 6.18 Å². The highest BCUT2D eigenvalue weighted by Gasteiger charge is 2.30. The van der Waals surface area contributed by atoms with Crippen molar-refractivity contribution >= 4 is 11.8 Å². The van der Waals surface area contributed by atoms with Gasteiger partial charge in [0.1, 0.15) is 0 Å². The lowest BCUT2D eigenvalue weighted by molar-refractivity contribution is -0.137. The predicted octanol–water partition coefficient (Wildman–Crippen LogP) is 3.39. The number of hydrogen-bond acceptors (Lipinski definition) is 2. The highest BCUT2D eigenvalue weighted by atomic mass is 32.2. The molecular weight excluding hydrogens is 235 g/mol. The maximum atomic E-state index is 12.4. The minimum absolute atomic E-state index is 0.305. The lowest BCUT2D eigenvalue weighted by atomic mass is 10.2. The summed E-state index contributed by atoms with van der Waals surface area (Å²) in [5, 5.41) is 0. The van der Waals surface area contributed by atoms with E-state index in [1.54, 1.807) is 6.07 Å². The summed E-state index contributed by atoms with van der Waals surface area (Å²) in [6.07, 6.45) is -4.27.